The Labute approximate surface area is 128 Å². The average Bonchev–Trinajstić information content (AvgIpc) is 2.84. The van der Waals surface area contributed by atoms with E-state index in [1.807, 2.05) is 25.0 Å². The number of nitrogens with zero attached hydrogens (tertiary/aromatic N) is 2. The van der Waals surface area contributed by atoms with Gasteiger partial charge in [-0.1, -0.05) is 45.0 Å². The van der Waals surface area contributed by atoms with Crippen molar-refractivity contribution >= 4 is 0 Å². The maximum atomic E-state index is 4.25. The van der Waals surface area contributed by atoms with Gasteiger partial charge in [0.2, 0.25) is 0 Å². The maximum Gasteiger partial charge on any atom is 0.0492 e. The van der Waals surface area contributed by atoms with Crippen LogP contribution in [-0.4, -0.2) is 16.8 Å². The second-order valence-corrected chi connectivity index (χ2v) is 6.66. The molecule has 1 N–H and O–H groups in total. The van der Waals surface area contributed by atoms with E-state index in [1.165, 1.54) is 16.8 Å². The Kier molecular flexibility index (Phi) is 4.84. The van der Waals surface area contributed by atoms with Crippen molar-refractivity contribution in [2.75, 3.05) is 7.05 Å². The molecule has 0 saturated heterocycles. The molecule has 1 heterocycles. The fourth-order valence-corrected chi connectivity index (χ4v) is 2.88. The first-order valence-electron chi connectivity index (χ1n) is 7.67. The Hall–Kier alpha value is -1.61. The summed E-state index contributed by atoms with van der Waals surface area (Å²) in [6, 6.07) is 11.3. The van der Waals surface area contributed by atoms with E-state index in [0.29, 0.717) is 6.04 Å². The minimum Gasteiger partial charge on any atom is -0.313 e. The van der Waals surface area contributed by atoms with Crippen LogP contribution in [0, 0.1) is 0 Å². The summed E-state index contributed by atoms with van der Waals surface area (Å²) in [7, 11) is 4.06. The number of benzene rings is 1. The van der Waals surface area contributed by atoms with Crippen molar-refractivity contribution in [1.82, 2.24) is 15.1 Å². The molecule has 0 saturated carbocycles. The van der Waals surface area contributed by atoms with Gasteiger partial charge in [0.1, 0.15) is 0 Å². The summed E-state index contributed by atoms with van der Waals surface area (Å²) >= 11 is 0. The van der Waals surface area contributed by atoms with Crippen LogP contribution in [0.3, 0.4) is 0 Å². The Balaban J connectivity index is 2.20. The third kappa shape index (κ3) is 3.73. The molecular formula is C18H27N3. The predicted molar refractivity (Wildman–Crippen MR) is 88.5 cm³/mol. The highest BCUT2D eigenvalue weighted by molar-refractivity contribution is 5.35. The molecule has 0 aliphatic heterocycles. The highest BCUT2D eigenvalue weighted by Crippen LogP contribution is 2.31. The number of rotatable bonds is 5. The zero-order valence-electron chi connectivity index (χ0n) is 13.9. The second kappa shape index (κ2) is 6.44. The van der Waals surface area contributed by atoms with Crippen LogP contribution >= 0.6 is 0 Å². The molecule has 1 unspecified atom stereocenters. The Morgan fingerprint density at radius 1 is 1.19 bits per heavy atom. The summed E-state index contributed by atoms with van der Waals surface area (Å²) in [4.78, 5) is 0. The van der Waals surface area contributed by atoms with Crippen molar-refractivity contribution in [3.63, 3.8) is 0 Å². The van der Waals surface area contributed by atoms with Gasteiger partial charge < -0.3 is 5.32 Å². The molecule has 0 aliphatic rings. The van der Waals surface area contributed by atoms with Crippen LogP contribution in [0.5, 0.6) is 0 Å². The van der Waals surface area contributed by atoms with Gasteiger partial charge in [-0.25, -0.2) is 0 Å². The van der Waals surface area contributed by atoms with Gasteiger partial charge in [0.25, 0.3) is 0 Å². The number of aromatic nitrogens is 2. The largest absolute Gasteiger partial charge is 0.313 e. The van der Waals surface area contributed by atoms with Crippen LogP contribution in [0.25, 0.3) is 0 Å². The third-order valence-corrected chi connectivity index (χ3v) is 4.10. The lowest BCUT2D eigenvalue weighted by atomic mass is 9.81. The summed E-state index contributed by atoms with van der Waals surface area (Å²) in [5.41, 5.74) is 4.28. The van der Waals surface area contributed by atoms with E-state index in [-0.39, 0.29) is 5.41 Å². The molecule has 3 heteroatoms. The quantitative estimate of drug-likeness (QED) is 0.909. The summed E-state index contributed by atoms with van der Waals surface area (Å²) in [5, 5.41) is 7.73. The molecule has 1 atom stereocenters. The lowest BCUT2D eigenvalue weighted by Gasteiger charge is -2.27. The molecule has 0 amide bonds. The molecule has 114 valence electrons. The Morgan fingerprint density at radius 3 is 2.48 bits per heavy atom. The minimum absolute atomic E-state index is 0.165. The zero-order chi connectivity index (χ0) is 15.5. The third-order valence-electron chi connectivity index (χ3n) is 4.10. The van der Waals surface area contributed by atoms with Gasteiger partial charge in [-0.05, 0) is 42.5 Å². The Bertz CT molecular complexity index is 578. The fourth-order valence-electron chi connectivity index (χ4n) is 2.88. The van der Waals surface area contributed by atoms with Gasteiger partial charge in [-0.3, -0.25) is 4.68 Å². The van der Waals surface area contributed by atoms with Crippen LogP contribution in [-0.2, 0) is 18.9 Å². The SMILES string of the molecule is CNC(CCc1ccnn1C)c1ccccc1C(C)(C)C. The van der Waals surface area contributed by atoms with Gasteiger partial charge in [0, 0.05) is 25.0 Å². The van der Waals surface area contributed by atoms with E-state index in [4.69, 9.17) is 0 Å². The number of hydrogen-bond acceptors (Lipinski definition) is 2. The molecule has 2 aromatic rings. The van der Waals surface area contributed by atoms with Crippen molar-refractivity contribution in [2.24, 2.45) is 7.05 Å². The summed E-state index contributed by atoms with van der Waals surface area (Å²) in [6.45, 7) is 6.83. The lowest BCUT2D eigenvalue weighted by Crippen LogP contribution is -2.23. The first kappa shape index (κ1) is 15.8. The molecule has 2 rings (SSSR count). The molecule has 0 radical (unpaired) electrons. The molecule has 3 nitrogen and oxygen atoms in total. The molecule has 0 spiro atoms. The second-order valence-electron chi connectivity index (χ2n) is 6.66. The van der Waals surface area contributed by atoms with Gasteiger partial charge in [-0.15, -0.1) is 0 Å². The standard InChI is InChI=1S/C18H27N3/c1-18(2,3)16-9-7-6-8-15(16)17(19-4)11-10-14-12-13-20-21(14)5/h6-9,12-13,17,19H,10-11H2,1-5H3. The topological polar surface area (TPSA) is 29.9 Å². The molecule has 1 aromatic carbocycles. The molecular weight excluding hydrogens is 258 g/mol. The molecule has 0 aliphatic carbocycles. The van der Waals surface area contributed by atoms with Crippen molar-refractivity contribution < 1.29 is 0 Å². The van der Waals surface area contributed by atoms with E-state index in [9.17, 15) is 0 Å². The first-order chi connectivity index (χ1) is 9.93. The maximum absolute atomic E-state index is 4.25. The smallest absolute Gasteiger partial charge is 0.0492 e. The number of nitrogens with one attached hydrogen (secondary N) is 1. The normalized spacial score (nSPS) is 13.4. The van der Waals surface area contributed by atoms with Crippen molar-refractivity contribution in [3.8, 4) is 0 Å². The average molecular weight is 285 g/mol. The van der Waals surface area contributed by atoms with Crippen molar-refractivity contribution in [2.45, 2.75) is 45.1 Å². The summed E-state index contributed by atoms with van der Waals surface area (Å²) < 4.78 is 1.96. The van der Waals surface area contributed by atoms with E-state index >= 15 is 0 Å². The van der Waals surface area contributed by atoms with Gasteiger partial charge >= 0.3 is 0 Å². The van der Waals surface area contributed by atoms with E-state index < -0.39 is 0 Å². The van der Waals surface area contributed by atoms with E-state index in [1.54, 1.807) is 0 Å². The van der Waals surface area contributed by atoms with E-state index in [2.05, 4.69) is 61.5 Å². The Morgan fingerprint density at radius 2 is 1.90 bits per heavy atom. The van der Waals surface area contributed by atoms with Crippen LogP contribution in [0.4, 0.5) is 0 Å². The lowest BCUT2D eigenvalue weighted by molar-refractivity contribution is 0.509. The van der Waals surface area contributed by atoms with Gasteiger partial charge in [-0.2, -0.15) is 5.10 Å². The van der Waals surface area contributed by atoms with Crippen LogP contribution in [0.2, 0.25) is 0 Å². The molecule has 0 bridgehead atoms. The fraction of sp³-hybridized carbons (Fsp3) is 0.500. The number of hydrogen-bond donors (Lipinski definition) is 1. The van der Waals surface area contributed by atoms with Crippen LogP contribution in [0.1, 0.15) is 50.1 Å². The minimum atomic E-state index is 0.165. The molecule has 21 heavy (non-hydrogen) atoms. The van der Waals surface area contributed by atoms with Crippen LogP contribution < -0.4 is 5.32 Å². The molecule has 1 aromatic heterocycles. The van der Waals surface area contributed by atoms with E-state index in [0.717, 1.165) is 12.8 Å². The first-order valence-corrected chi connectivity index (χ1v) is 7.67. The van der Waals surface area contributed by atoms with Crippen molar-refractivity contribution in [1.29, 1.82) is 0 Å². The van der Waals surface area contributed by atoms with Crippen molar-refractivity contribution in [3.05, 3.63) is 53.3 Å². The summed E-state index contributed by atoms with van der Waals surface area (Å²) in [5.74, 6) is 0. The van der Waals surface area contributed by atoms with Gasteiger partial charge in [0.15, 0.2) is 0 Å². The number of aryl methyl sites for hydroxylation is 2. The monoisotopic (exact) mass is 285 g/mol. The summed E-state index contributed by atoms with van der Waals surface area (Å²) in [6.07, 6.45) is 3.97. The zero-order valence-corrected chi connectivity index (χ0v) is 13.9. The van der Waals surface area contributed by atoms with Gasteiger partial charge in [0.05, 0.1) is 0 Å². The predicted octanol–water partition coefficient (Wildman–Crippen LogP) is 3.61. The van der Waals surface area contributed by atoms with Crippen LogP contribution in [0.15, 0.2) is 36.5 Å². The highest BCUT2D eigenvalue weighted by atomic mass is 15.2. The highest BCUT2D eigenvalue weighted by Gasteiger charge is 2.21. The molecule has 0 fully saturated rings.